The van der Waals surface area contributed by atoms with Gasteiger partial charge >= 0.3 is 0 Å². The Morgan fingerprint density at radius 1 is 1.08 bits per heavy atom. The number of thiophene rings is 1. The molecule has 130 valence electrons. The average Bonchev–Trinajstić information content (AvgIpc) is 3.21. The number of fused-ring (bicyclic) bond motifs is 1. The van der Waals surface area contributed by atoms with Gasteiger partial charge in [0.15, 0.2) is 0 Å². The predicted molar refractivity (Wildman–Crippen MR) is 101 cm³/mol. The smallest absolute Gasteiger partial charge is 0.244 e. The van der Waals surface area contributed by atoms with Crippen molar-refractivity contribution in [1.82, 2.24) is 19.6 Å². The monoisotopic (exact) mass is 354 g/mol. The summed E-state index contributed by atoms with van der Waals surface area (Å²) in [5, 5.41) is 7.58. The third-order valence-electron chi connectivity index (χ3n) is 4.74. The number of carbonyl (C=O) groups is 1. The summed E-state index contributed by atoms with van der Waals surface area (Å²) in [6.07, 6.45) is 2.85. The summed E-state index contributed by atoms with van der Waals surface area (Å²) < 4.78 is 1.81. The topological polar surface area (TPSA) is 41.4 Å². The summed E-state index contributed by atoms with van der Waals surface area (Å²) in [5.74, 6) is 0.159. The highest BCUT2D eigenvalue weighted by Crippen LogP contribution is 2.15. The SMILES string of the molecule is O=C(Cn1ncc2ccccc21)N1CCCN(Cc2cccs2)CC1. The second-order valence-corrected chi connectivity index (χ2v) is 7.48. The van der Waals surface area contributed by atoms with Crippen LogP contribution >= 0.6 is 11.3 Å². The first-order valence-corrected chi connectivity index (χ1v) is 9.60. The first-order valence-electron chi connectivity index (χ1n) is 8.73. The minimum Gasteiger partial charge on any atom is -0.340 e. The molecule has 25 heavy (non-hydrogen) atoms. The van der Waals surface area contributed by atoms with Crippen molar-refractivity contribution in [2.45, 2.75) is 19.5 Å². The van der Waals surface area contributed by atoms with Gasteiger partial charge in [0.1, 0.15) is 6.54 Å². The number of hydrogen-bond acceptors (Lipinski definition) is 4. The number of para-hydroxylation sites is 1. The molecule has 5 nitrogen and oxygen atoms in total. The lowest BCUT2D eigenvalue weighted by Crippen LogP contribution is -2.37. The van der Waals surface area contributed by atoms with E-state index in [1.807, 2.05) is 40.0 Å². The summed E-state index contributed by atoms with van der Waals surface area (Å²) in [5.41, 5.74) is 1.02. The number of nitrogens with zero attached hydrogens (tertiary/aromatic N) is 4. The van der Waals surface area contributed by atoms with Crippen LogP contribution in [-0.4, -0.2) is 51.7 Å². The van der Waals surface area contributed by atoms with Crippen LogP contribution in [0.3, 0.4) is 0 Å². The number of aromatic nitrogens is 2. The van der Waals surface area contributed by atoms with Gasteiger partial charge < -0.3 is 4.90 Å². The molecule has 0 aliphatic carbocycles. The molecule has 0 bridgehead atoms. The zero-order valence-corrected chi connectivity index (χ0v) is 15.0. The van der Waals surface area contributed by atoms with Gasteiger partial charge in [0.2, 0.25) is 5.91 Å². The molecule has 0 spiro atoms. The van der Waals surface area contributed by atoms with Crippen LogP contribution in [0, 0.1) is 0 Å². The van der Waals surface area contributed by atoms with Crippen molar-refractivity contribution in [3.8, 4) is 0 Å². The first-order chi connectivity index (χ1) is 12.3. The normalized spacial score (nSPS) is 16.2. The Balaban J connectivity index is 1.37. The van der Waals surface area contributed by atoms with Gasteiger partial charge in [0, 0.05) is 43.0 Å². The van der Waals surface area contributed by atoms with Crippen LogP contribution in [0.2, 0.25) is 0 Å². The van der Waals surface area contributed by atoms with E-state index in [1.165, 1.54) is 4.88 Å². The van der Waals surface area contributed by atoms with Gasteiger partial charge in [-0.15, -0.1) is 11.3 Å². The molecule has 6 heteroatoms. The zero-order chi connectivity index (χ0) is 17.1. The summed E-state index contributed by atoms with van der Waals surface area (Å²) in [4.78, 5) is 18.6. The summed E-state index contributed by atoms with van der Waals surface area (Å²) in [7, 11) is 0. The van der Waals surface area contributed by atoms with Gasteiger partial charge in [-0.2, -0.15) is 5.10 Å². The van der Waals surface area contributed by atoms with Crippen LogP contribution in [-0.2, 0) is 17.9 Å². The van der Waals surface area contributed by atoms with Crippen molar-refractivity contribution >= 4 is 28.1 Å². The van der Waals surface area contributed by atoms with Gasteiger partial charge in [-0.1, -0.05) is 24.3 Å². The van der Waals surface area contributed by atoms with Crippen LogP contribution in [0.1, 0.15) is 11.3 Å². The van der Waals surface area contributed by atoms with Crippen molar-refractivity contribution in [2.75, 3.05) is 26.2 Å². The average molecular weight is 354 g/mol. The molecular formula is C19H22N4OS. The minimum atomic E-state index is 0.159. The van der Waals surface area contributed by atoms with E-state index in [0.29, 0.717) is 6.54 Å². The van der Waals surface area contributed by atoms with E-state index in [4.69, 9.17) is 0 Å². The molecule has 3 aromatic rings. The second kappa shape index (κ2) is 7.37. The third-order valence-corrected chi connectivity index (χ3v) is 5.60. The molecular weight excluding hydrogens is 332 g/mol. The fourth-order valence-electron chi connectivity index (χ4n) is 3.38. The zero-order valence-electron chi connectivity index (χ0n) is 14.2. The number of carbonyl (C=O) groups excluding carboxylic acids is 1. The Bertz CT molecular complexity index is 842. The van der Waals surface area contributed by atoms with Crippen molar-refractivity contribution in [1.29, 1.82) is 0 Å². The maximum atomic E-state index is 12.7. The molecule has 0 radical (unpaired) electrons. The van der Waals surface area contributed by atoms with Crippen molar-refractivity contribution in [3.05, 3.63) is 52.9 Å². The van der Waals surface area contributed by atoms with Gasteiger partial charge in [0.25, 0.3) is 0 Å². The molecule has 1 aliphatic rings. The molecule has 3 heterocycles. The molecule has 4 rings (SSSR count). The highest BCUT2D eigenvalue weighted by Gasteiger charge is 2.20. The van der Waals surface area contributed by atoms with Crippen molar-refractivity contribution < 1.29 is 4.79 Å². The highest BCUT2D eigenvalue weighted by molar-refractivity contribution is 7.09. The molecule has 0 saturated carbocycles. The number of benzene rings is 1. The summed E-state index contributed by atoms with van der Waals surface area (Å²) in [6.45, 7) is 4.92. The molecule has 1 aliphatic heterocycles. The minimum absolute atomic E-state index is 0.159. The quantitative estimate of drug-likeness (QED) is 0.723. The van der Waals surface area contributed by atoms with E-state index in [2.05, 4.69) is 27.5 Å². The molecule has 1 amide bonds. The molecule has 1 fully saturated rings. The lowest BCUT2D eigenvalue weighted by atomic mass is 10.2. The van der Waals surface area contributed by atoms with E-state index < -0.39 is 0 Å². The van der Waals surface area contributed by atoms with Crippen molar-refractivity contribution in [2.24, 2.45) is 0 Å². The van der Waals surface area contributed by atoms with E-state index in [0.717, 1.165) is 50.0 Å². The van der Waals surface area contributed by atoms with Crippen LogP contribution in [0.15, 0.2) is 48.0 Å². The van der Waals surface area contributed by atoms with Crippen LogP contribution < -0.4 is 0 Å². The summed E-state index contributed by atoms with van der Waals surface area (Å²) >= 11 is 1.80. The maximum Gasteiger partial charge on any atom is 0.244 e. The number of hydrogen-bond donors (Lipinski definition) is 0. The van der Waals surface area contributed by atoms with Crippen molar-refractivity contribution in [3.63, 3.8) is 0 Å². The fraction of sp³-hybridized carbons (Fsp3) is 0.368. The largest absolute Gasteiger partial charge is 0.340 e. The molecule has 1 aromatic carbocycles. The lowest BCUT2D eigenvalue weighted by molar-refractivity contribution is -0.131. The Hall–Kier alpha value is -2.18. The fourth-order valence-corrected chi connectivity index (χ4v) is 4.13. The summed E-state index contributed by atoms with van der Waals surface area (Å²) in [6, 6.07) is 12.3. The number of amides is 1. The Labute approximate surface area is 151 Å². The maximum absolute atomic E-state index is 12.7. The molecule has 0 N–H and O–H groups in total. The van der Waals surface area contributed by atoms with E-state index in [9.17, 15) is 4.79 Å². The van der Waals surface area contributed by atoms with E-state index >= 15 is 0 Å². The van der Waals surface area contributed by atoms with Crippen LogP contribution in [0.5, 0.6) is 0 Å². The van der Waals surface area contributed by atoms with Gasteiger partial charge in [0.05, 0.1) is 11.7 Å². The molecule has 0 unspecified atom stereocenters. The predicted octanol–water partition coefficient (Wildman–Crippen LogP) is 2.83. The standard InChI is InChI=1S/C19H22N4OS/c24-19(15-23-18-7-2-1-5-16(18)13-20-23)22-9-4-8-21(10-11-22)14-17-6-3-12-25-17/h1-3,5-7,12-13H,4,8-11,14-15H2. The van der Waals surface area contributed by atoms with Gasteiger partial charge in [-0.25, -0.2) is 0 Å². The van der Waals surface area contributed by atoms with Gasteiger partial charge in [-0.05, 0) is 23.9 Å². The highest BCUT2D eigenvalue weighted by atomic mass is 32.1. The third kappa shape index (κ3) is 3.75. The molecule has 2 aromatic heterocycles. The van der Waals surface area contributed by atoms with E-state index in [-0.39, 0.29) is 5.91 Å². The first kappa shape index (κ1) is 16.3. The van der Waals surface area contributed by atoms with Gasteiger partial charge in [-0.3, -0.25) is 14.4 Å². The van der Waals surface area contributed by atoms with E-state index in [1.54, 1.807) is 11.3 Å². The van der Waals surface area contributed by atoms with Crippen LogP contribution in [0.25, 0.3) is 10.9 Å². The molecule has 0 atom stereocenters. The Morgan fingerprint density at radius 2 is 2.00 bits per heavy atom. The number of rotatable bonds is 4. The lowest BCUT2D eigenvalue weighted by Gasteiger charge is -2.22. The Kier molecular flexibility index (Phi) is 4.81. The molecule has 1 saturated heterocycles. The van der Waals surface area contributed by atoms with Crippen LogP contribution in [0.4, 0.5) is 0 Å². The Morgan fingerprint density at radius 3 is 2.88 bits per heavy atom. The second-order valence-electron chi connectivity index (χ2n) is 6.45.